The molecule has 0 aliphatic heterocycles. The fraction of sp³-hybridized carbons (Fsp3) is 0. The molecule has 0 spiro atoms. The fourth-order valence-corrected chi connectivity index (χ4v) is 1.81. The Balaban J connectivity index is 2.40. The number of aromatic amines is 1. The van der Waals surface area contributed by atoms with Crippen molar-refractivity contribution in [3.8, 4) is 11.3 Å². The second-order valence-electron chi connectivity index (χ2n) is 3.68. The number of fused-ring (bicyclic) bond motifs is 1. The van der Waals surface area contributed by atoms with E-state index >= 15 is 0 Å². The molecular formula is C13H9N3O. The van der Waals surface area contributed by atoms with E-state index in [0.717, 1.165) is 16.5 Å². The van der Waals surface area contributed by atoms with E-state index in [9.17, 15) is 4.79 Å². The maximum absolute atomic E-state index is 11.5. The van der Waals surface area contributed by atoms with Gasteiger partial charge in [-0.15, -0.1) is 0 Å². The molecule has 0 aliphatic carbocycles. The van der Waals surface area contributed by atoms with Gasteiger partial charge in [0, 0.05) is 23.3 Å². The van der Waals surface area contributed by atoms with Gasteiger partial charge in [0.1, 0.15) is 0 Å². The van der Waals surface area contributed by atoms with Crippen LogP contribution < -0.4 is 5.69 Å². The van der Waals surface area contributed by atoms with E-state index in [2.05, 4.69) is 15.0 Å². The van der Waals surface area contributed by atoms with E-state index in [1.165, 1.54) is 0 Å². The van der Waals surface area contributed by atoms with E-state index in [4.69, 9.17) is 0 Å². The van der Waals surface area contributed by atoms with Crippen LogP contribution in [0, 0.1) is 0 Å². The molecule has 17 heavy (non-hydrogen) atoms. The summed E-state index contributed by atoms with van der Waals surface area (Å²) in [6.45, 7) is 0. The van der Waals surface area contributed by atoms with Crippen LogP contribution in [0.2, 0.25) is 0 Å². The summed E-state index contributed by atoms with van der Waals surface area (Å²) < 4.78 is 0. The highest BCUT2D eigenvalue weighted by Gasteiger charge is 2.06. The van der Waals surface area contributed by atoms with Crippen LogP contribution in [0.5, 0.6) is 0 Å². The van der Waals surface area contributed by atoms with Crippen LogP contribution in [0.15, 0.2) is 53.6 Å². The smallest absolute Gasteiger partial charge is 0.305 e. The summed E-state index contributed by atoms with van der Waals surface area (Å²) >= 11 is 0. The van der Waals surface area contributed by atoms with E-state index < -0.39 is 0 Å². The Labute approximate surface area is 97.0 Å². The molecule has 3 aromatic rings. The molecule has 0 fully saturated rings. The minimum Gasteiger partial charge on any atom is -0.305 e. The van der Waals surface area contributed by atoms with Gasteiger partial charge in [-0.2, -0.15) is 4.98 Å². The Morgan fingerprint density at radius 3 is 2.71 bits per heavy atom. The van der Waals surface area contributed by atoms with Crippen molar-refractivity contribution in [3.63, 3.8) is 0 Å². The second-order valence-corrected chi connectivity index (χ2v) is 3.68. The lowest BCUT2D eigenvalue weighted by molar-refractivity contribution is 1.12. The molecule has 0 amide bonds. The number of rotatable bonds is 1. The monoisotopic (exact) mass is 223 g/mol. The Bertz CT molecular complexity index is 719. The van der Waals surface area contributed by atoms with Crippen molar-refractivity contribution in [1.29, 1.82) is 0 Å². The number of hydrogen-bond acceptors (Lipinski definition) is 3. The number of aromatic nitrogens is 3. The van der Waals surface area contributed by atoms with Crippen LogP contribution in [-0.2, 0) is 0 Å². The van der Waals surface area contributed by atoms with Gasteiger partial charge < -0.3 is 4.98 Å². The summed E-state index contributed by atoms with van der Waals surface area (Å²) in [5.74, 6) is 0. The van der Waals surface area contributed by atoms with Gasteiger partial charge in [0.2, 0.25) is 0 Å². The quantitative estimate of drug-likeness (QED) is 0.686. The van der Waals surface area contributed by atoms with Crippen LogP contribution >= 0.6 is 0 Å². The third kappa shape index (κ3) is 1.69. The summed E-state index contributed by atoms with van der Waals surface area (Å²) in [6.07, 6.45) is 3.35. The molecule has 0 atom stereocenters. The van der Waals surface area contributed by atoms with Gasteiger partial charge in [-0.05, 0) is 6.07 Å². The zero-order chi connectivity index (χ0) is 11.7. The van der Waals surface area contributed by atoms with E-state index in [-0.39, 0.29) is 5.69 Å². The third-order valence-corrected chi connectivity index (χ3v) is 2.58. The first-order valence-electron chi connectivity index (χ1n) is 5.24. The normalized spacial score (nSPS) is 10.6. The lowest BCUT2D eigenvalue weighted by atomic mass is 10.1. The number of pyridine rings is 1. The predicted octanol–water partition coefficient (Wildman–Crippen LogP) is 1.99. The van der Waals surface area contributed by atoms with Gasteiger partial charge in [0.15, 0.2) is 0 Å². The molecule has 82 valence electrons. The SMILES string of the molecule is O=c1nc(-c2ccccc2)c2cnccc2[nH]1. The number of hydrogen-bond donors (Lipinski definition) is 1. The molecule has 0 saturated carbocycles. The number of nitrogens with zero attached hydrogens (tertiary/aromatic N) is 2. The zero-order valence-electron chi connectivity index (χ0n) is 8.92. The highest BCUT2D eigenvalue weighted by molar-refractivity contribution is 5.91. The van der Waals surface area contributed by atoms with Crippen LogP contribution in [0.25, 0.3) is 22.2 Å². The van der Waals surface area contributed by atoms with Crippen LogP contribution in [0.3, 0.4) is 0 Å². The fourth-order valence-electron chi connectivity index (χ4n) is 1.81. The van der Waals surface area contributed by atoms with Crippen molar-refractivity contribution >= 4 is 10.9 Å². The average Bonchev–Trinajstić information content (AvgIpc) is 2.39. The van der Waals surface area contributed by atoms with Gasteiger partial charge in [0.05, 0.1) is 11.2 Å². The summed E-state index contributed by atoms with van der Waals surface area (Å²) in [7, 11) is 0. The molecule has 0 saturated heterocycles. The van der Waals surface area contributed by atoms with Gasteiger partial charge in [-0.25, -0.2) is 4.79 Å². The first-order chi connectivity index (χ1) is 8.34. The molecular weight excluding hydrogens is 214 g/mol. The average molecular weight is 223 g/mol. The van der Waals surface area contributed by atoms with Crippen molar-refractivity contribution < 1.29 is 0 Å². The van der Waals surface area contributed by atoms with E-state index in [1.807, 2.05) is 30.3 Å². The summed E-state index contributed by atoms with van der Waals surface area (Å²) in [4.78, 5) is 22.3. The highest BCUT2D eigenvalue weighted by atomic mass is 16.1. The minimum absolute atomic E-state index is 0.345. The molecule has 0 bridgehead atoms. The van der Waals surface area contributed by atoms with E-state index in [0.29, 0.717) is 5.69 Å². The predicted molar refractivity (Wildman–Crippen MR) is 65.6 cm³/mol. The molecule has 3 rings (SSSR count). The number of nitrogens with one attached hydrogen (secondary N) is 1. The molecule has 4 nitrogen and oxygen atoms in total. The van der Waals surface area contributed by atoms with Gasteiger partial charge >= 0.3 is 5.69 Å². The Hall–Kier alpha value is -2.49. The number of H-pyrrole nitrogens is 1. The van der Waals surface area contributed by atoms with Crippen molar-refractivity contribution in [1.82, 2.24) is 15.0 Å². The first kappa shape index (κ1) is 9.72. The van der Waals surface area contributed by atoms with Crippen molar-refractivity contribution in [2.24, 2.45) is 0 Å². The Kier molecular flexibility index (Phi) is 2.19. The lowest BCUT2D eigenvalue weighted by Gasteiger charge is -2.03. The molecule has 0 radical (unpaired) electrons. The maximum atomic E-state index is 11.5. The first-order valence-corrected chi connectivity index (χ1v) is 5.24. The summed E-state index contributed by atoms with van der Waals surface area (Å²) in [5.41, 5.74) is 1.98. The molecule has 1 N–H and O–H groups in total. The maximum Gasteiger partial charge on any atom is 0.345 e. The van der Waals surface area contributed by atoms with E-state index in [1.54, 1.807) is 18.5 Å². The second kappa shape index (κ2) is 3.83. The standard InChI is InChI=1S/C13H9N3O/c17-13-15-11-6-7-14-8-10(11)12(16-13)9-4-2-1-3-5-9/h1-8H,(H,15,16,17). The molecule has 1 aromatic carbocycles. The Morgan fingerprint density at radius 1 is 1.06 bits per heavy atom. The zero-order valence-corrected chi connectivity index (χ0v) is 8.92. The minimum atomic E-state index is -0.345. The molecule has 2 heterocycles. The summed E-state index contributed by atoms with van der Waals surface area (Å²) in [6, 6.07) is 11.4. The lowest BCUT2D eigenvalue weighted by Crippen LogP contribution is -2.11. The van der Waals surface area contributed by atoms with Gasteiger partial charge in [0.25, 0.3) is 0 Å². The molecule has 2 aromatic heterocycles. The topological polar surface area (TPSA) is 58.6 Å². The number of benzene rings is 1. The Morgan fingerprint density at radius 2 is 1.88 bits per heavy atom. The molecule has 0 unspecified atom stereocenters. The van der Waals surface area contributed by atoms with Crippen LogP contribution in [0.4, 0.5) is 0 Å². The van der Waals surface area contributed by atoms with Crippen LogP contribution in [0.1, 0.15) is 0 Å². The van der Waals surface area contributed by atoms with Crippen molar-refractivity contribution in [3.05, 3.63) is 59.3 Å². The summed E-state index contributed by atoms with van der Waals surface area (Å²) in [5, 5.41) is 0.846. The van der Waals surface area contributed by atoms with Crippen molar-refractivity contribution in [2.45, 2.75) is 0 Å². The molecule has 0 aliphatic rings. The highest BCUT2D eigenvalue weighted by Crippen LogP contribution is 2.22. The van der Waals surface area contributed by atoms with Gasteiger partial charge in [-0.1, -0.05) is 30.3 Å². The largest absolute Gasteiger partial charge is 0.345 e. The molecule has 4 heteroatoms. The van der Waals surface area contributed by atoms with Crippen LogP contribution in [-0.4, -0.2) is 15.0 Å². The van der Waals surface area contributed by atoms with Crippen molar-refractivity contribution in [2.75, 3.05) is 0 Å². The van der Waals surface area contributed by atoms with Gasteiger partial charge in [-0.3, -0.25) is 4.98 Å². The third-order valence-electron chi connectivity index (χ3n) is 2.58.